The van der Waals surface area contributed by atoms with Gasteiger partial charge in [-0.2, -0.15) is 4.80 Å². The summed E-state index contributed by atoms with van der Waals surface area (Å²) in [5.41, 5.74) is 0. The second kappa shape index (κ2) is 3.94. The monoisotopic (exact) mass is 170 g/mol. The van der Waals surface area contributed by atoms with Crippen molar-refractivity contribution in [3.8, 4) is 11.8 Å². The number of hydrogen-bond donors (Lipinski definition) is 0. The van der Waals surface area contributed by atoms with Crippen molar-refractivity contribution in [2.75, 3.05) is 5.88 Å². The summed E-state index contributed by atoms with van der Waals surface area (Å²) in [6.45, 7) is 0. The van der Waals surface area contributed by atoms with Crippen molar-refractivity contribution >= 4 is 11.6 Å². The van der Waals surface area contributed by atoms with Gasteiger partial charge < -0.3 is 0 Å². The lowest BCUT2D eigenvalue weighted by molar-refractivity contribution is 0.629. The van der Waals surface area contributed by atoms with E-state index in [0.717, 1.165) is 0 Å². The molecule has 0 aliphatic carbocycles. The lowest BCUT2D eigenvalue weighted by Crippen LogP contribution is -1.91. The fourth-order valence-corrected chi connectivity index (χ4v) is 0.617. The molecule has 0 spiro atoms. The largest absolute Gasteiger partial charge is 0.247 e. The number of rotatable bonds is 1. The molecular weight excluding hydrogens is 164 g/mol. The Bertz CT molecular complexity index is 282. The van der Waals surface area contributed by atoms with Gasteiger partial charge in [-0.3, -0.25) is 0 Å². The van der Waals surface area contributed by atoms with Crippen LogP contribution in [0.5, 0.6) is 0 Å². The molecule has 1 heterocycles. The first-order valence-electron chi connectivity index (χ1n) is 3.12. The van der Waals surface area contributed by atoms with E-state index >= 15 is 0 Å². The van der Waals surface area contributed by atoms with Crippen molar-refractivity contribution in [2.24, 2.45) is 7.05 Å². The number of tetrazole rings is 1. The molecule has 0 aromatic carbocycles. The van der Waals surface area contributed by atoms with Crippen LogP contribution in [-0.2, 0) is 7.05 Å². The van der Waals surface area contributed by atoms with E-state index in [9.17, 15) is 0 Å². The maximum absolute atomic E-state index is 5.41. The van der Waals surface area contributed by atoms with E-state index < -0.39 is 0 Å². The van der Waals surface area contributed by atoms with Gasteiger partial charge in [0.25, 0.3) is 0 Å². The highest BCUT2D eigenvalue weighted by Gasteiger charge is 1.91. The van der Waals surface area contributed by atoms with Gasteiger partial charge in [-0.15, -0.1) is 16.7 Å². The highest BCUT2D eigenvalue weighted by molar-refractivity contribution is 6.18. The van der Waals surface area contributed by atoms with Crippen LogP contribution in [0.1, 0.15) is 12.2 Å². The van der Waals surface area contributed by atoms with Crippen molar-refractivity contribution < 1.29 is 0 Å². The lowest BCUT2D eigenvalue weighted by Gasteiger charge is -1.75. The molecule has 0 bridgehead atoms. The Balaban J connectivity index is 2.59. The molecule has 58 valence electrons. The van der Waals surface area contributed by atoms with Gasteiger partial charge in [0.1, 0.15) is 0 Å². The topological polar surface area (TPSA) is 43.6 Å². The van der Waals surface area contributed by atoms with Crippen LogP contribution in [0, 0.1) is 11.8 Å². The molecule has 4 nitrogen and oxygen atoms in total. The number of hydrogen-bond acceptors (Lipinski definition) is 3. The maximum atomic E-state index is 5.41. The standard InChI is InChI=1S/C6H7ClN4/c1-11-9-6(8-10-11)4-2-3-5-7/h3,5H2,1H3. The van der Waals surface area contributed by atoms with Crippen molar-refractivity contribution in [1.29, 1.82) is 0 Å². The summed E-state index contributed by atoms with van der Waals surface area (Å²) >= 11 is 5.41. The summed E-state index contributed by atoms with van der Waals surface area (Å²) in [6, 6.07) is 0. The molecule has 1 aromatic heterocycles. The molecule has 0 fully saturated rings. The average Bonchev–Trinajstić information content (AvgIpc) is 2.37. The van der Waals surface area contributed by atoms with Gasteiger partial charge in [0, 0.05) is 12.3 Å². The summed E-state index contributed by atoms with van der Waals surface area (Å²) in [7, 11) is 1.69. The van der Waals surface area contributed by atoms with E-state index in [4.69, 9.17) is 11.6 Å². The predicted octanol–water partition coefficient (Wildman–Crippen LogP) is 0.190. The number of halogens is 1. The Kier molecular flexibility index (Phi) is 2.87. The minimum atomic E-state index is 0.442. The number of nitrogens with zero attached hydrogens (tertiary/aromatic N) is 4. The Morgan fingerprint density at radius 1 is 1.64 bits per heavy atom. The summed E-state index contributed by atoms with van der Waals surface area (Å²) in [6.07, 6.45) is 0.653. The van der Waals surface area contributed by atoms with Crippen LogP contribution in [0.4, 0.5) is 0 Å². The van der Waals surface area contributed by atoms with Crippen molar-refractivity contribution in [3.05, 3.63) is 5.82 Å². The molecule has 0 aliphatic rings. The third kappa shape index (κ3) is 2.56. The van der Waals surface area contributed by atoms with Crippen LogP contribution >= 0.6 is 11.6 Å². The van der Waals surface area contributed by atoms with Gasteiger partial charge in [0.15, 0.2) is 0 Å². The molecule has 0 unspecified atom stereocenters. The van der Waals surface area contributed by atoms with Crippen molar-refractivity contribution in [2.45, 2.75) is 6.42 Å². The SMILES string of the molecule is Cn1nnc(C#CCCCl)n1. The molecule has 0 amide bonds. The number of aromatic nitrogens is 4. The van der Waals surface area contributed by atoms with Crippen LogP contribution < -0.4 is 0 Å². The van der Waals surface area contributed by atoms with Crippen LogP contribution in [0.15, 0.2) is 0 Å². The zero-order valence-corrected chi connectivity index (χ0v) is 6.84. The molecule has 1 rings (SSSR count). The Morgan fingerprint density at radius 3 is 3.00 bits per heavy atom. The zero-order chi connectivity index (χ0) is 8.10. The maximum Gasteiger partial charge on any atom is 0.247 e. The van der Waals surface area contributed by atoms with Gasteiger partial charge in [0.05, 0.1) is 7.05 Å². The van der Waals surface area contributed by atoms with Crippen LogP contribution in [0.25, 0.3) is 0 Å². The van der Waals surface area contributed by atoms with Crippen molar-refractivity contribution in [1.82, 2.24) is 20.2 Å². The van der Waals surface area contributed by atoms with Gasteiger partial charge in [-0.1, -0.05) is 11.0 Å². The normalized spacial score (nSPS) is 8.91. The van der Waals surface area contributed by atoms with E-state index in [1.54, 1.807) is 7.05 Å². The minimum absolute atomic E-state index is 0.442. The molecular formula is C6H7ClN4. The zero-order valence-electron chi connectivity index (χ0n) is 6.08. The first-order chi connectivity index (χ1) is 5.33. The van der Waals surface area contributed by atoms with E-state index in [0.29, 0.717) is 18.1 Å². The van der Waals surface area contributed by atoms with Crippen LogP contribution in [0.2, 0.25) is 0 Å². The fraction of sp³-hybridized carbons (Fsp3) is 0.500. The summed E-state index contributed by atoms with van der Waals surface area (Å²) in [5.74, 6) is 6.51. The highest BCUT2D eigenvalue weighted by Crippen LogP contribution is 1.83. The lowest BCUT2D eigenvalue weighted by atomic mass is 10.4. The third-order valence-electron chi connectivity index (χ3n) is 0.928. The molecule has 0 aliphatic heterocycles. The smallest absolute Gasteiger partial charge is 0.166 e. The van der Waals surface area contributed by atoms with Gasteiger partial charge in [-0.05, 0) is 11.1 Å². The number of aryl methyl sites for hydroxylation is 1. The summed E-state index contributed by atoms with van der Waals surface area (Å²) in [5, 5.41) is 11.1. The molecule has 5 heteroatoms. The summed E-state index contributed by atoms with van der Waals surface area (Å²) < 4.78 is 0. The molecule has 0 saturated carbocycles. The molecule has 0 atom stereocenters. The van der Waals surface area contributed by atoms with Gasteiger partial charge in [0.2, 0.25) is 5.82 Å². The third-order valence-corrected chi connectivity index (χ3v) is 1.12. The highest BCUT2D eigenvalue weighted by atomic mass is 35.5. The molecule has 0 radical (unpaired) electrons. The predicted molar refractivity (Wildman–Crippen MR) is 41.0 cm³/mol. The van der Waals surface area contributed by atoms with E-state index in [2.05, 4.69) is 27.3 Å². The Labute approximate surface area is 69.5 Å². The van der Waals surface area contributed by atoms with E-state index in [1.165, 1.54) is 4.80 Å². The molecule has 0 saturated heterocycles. The van der Waals surface area contributed by atoms with E-state index in [1.807, 2.05) is 0 Å². The first-order valence-corrected chi connectivity index (χ1v) is 3.65. The fourth-order valence-electron chi connectivity index (χ4n) is 0.523. The first kappa shape index (κ1) is 8.02. The summed E-state index contributed by atoms with van der Waals surface area (Å²) in [4.78, 5) is 1.37. The quantitative estimate of drug-likeness (QED) is 0.447. The average molecular weight is 171 g/mol. The Hall–Kier alpha value is -1.08. The Morgan fingerprint density at radius 2 is 2.45 bits per heavy atom. The molecule has 0 N–H and O–H groups in total. The second-order valence-corrected chi connectivity index (χ2v) is 2.22. The van der Waals surface area contributed by atoms with Crippen molar-refractivity contribution in [3.63, 3.8) is 0 Å². The van der Waals surface area contributed by atoms with Crippen LogP contribution in [-0.4, -0.2) is 26.1 Å². The second-order valence-electron chi connectivity index (χ2n) is 1.84. The van der Waals surface area contributed by atoms with Crippen LogP contribution in [0.3, 0.4) is 0 Å². The van der Waals surface area contributed by atoms with Gasteiger partial charge >= 0.3 is 0 Å². The number of alkyl halides is 1. The van der Waals surface area contributed by atoms with Gasteiger partial charge in [-0.25, -0.2) is 0 Å². The minimum Gasteiger partial charge on any atom is -0.166 e. The van der Waals surface area contributed by atoms with E-state index in [-0.39, 0.29) is 0 Å². The molecule has 11 heavy (non-hydrogen) atoms. The molecule has 1 aromatic rings.